The minimum atomic E-state index is -0.672. The van der Waals surface area contributed by atoms with Crippen LogP contribution in [-0.2, 0) is 32.3 Å². The van der Waals surface area contributed by atoms with E-state index in [1.807, 2.05) is 84.9 Å². The van der Waals surface area contributed by atoms with Gasteiger partial charge in [0.1, 0.15) is 36.8 Å². The molecule has 0 unspecified atom stereocenters. The number of fused-ring (bicyclic) bond motifs is 2. The summed E-state index contributed by atoms with van der Waals surface area (Å²) < 4.78 is 11.2. The number of hydrogen-bond acceptors (Lipinski definition) is 9. The molecule has 2 atom stereocenters. The molecule has 4 heterocycles. The summed E-state index contributed by atoms with van der Waals surface area (Å²) in [7, 11) is 3.41. The van der Waals surface area contributed by atoms with Crippen molar-refractivity contribution in [3.05, 3.63) is 120 Å². The van der Waals surface area contributed by atoms with E-state index in [1.54, 1.807) is 19.0 Å². The predicted molar refractivity (Wildman–Crippen MR) is 216 cm³/mol. The molecule has 0 radical (unpaired) electrons. The van der Waals surface area contributed by atoms with Crippen molar-refractivity contribution in [3.63, 3.8) is 0 Å². The van der Waals surface area contributed by atoms with Crippen molar-refractivity contribution >= 4 is 47.5 Å². The average molecular weight is 785 g/mol. The number of carboxylic acid groups (broad SMARTS) is 1. The minimum absolute atomic E-state index is 0. The van der Waals surface area contributed by atoms with Gasteiger partial charge in [0.2, 0.25) is 11.8 Å². The number of likely N-dealkylation sites (tertiary alicyclic amines) is 2. The number of aliphatic carboxylic acids is 1. The third-order valence-electron chi connectivity index (χ3n) is 10.0. The van der Waals surface area contributed by atoms with Gasteiger partial charge < -0.3 is 35.4 Å². The van der Waals surface area contributed by atoms with E-state index < -0.39 is 18.1 Å². The van der Waals surface area contributed by atoms with Gasteiger partial charge in [-0.1, -0.05) is 84.9 Å². The smallest absolute Gasteiger partial charge is 0.309 e. The van der Waals surface area contributed by atoms with Crippen LogP contribution in [0.1, 0.15) is 11.1 Å². The summed E-state index contributed by atoms with van der Waals surface area (Å²) in [5.41, 5.74) is 9.61. The maximum atomic E-state index is 12.7. The standard InChI is InChI=1S/C21H23N3O3.C11H13NO2.C10H12N2O2.ClH/c1-23-18-9-5-6-10-19(18)27-14-17(21(23)26)22-20(25)16-12-24(13-16)11-15-7-3-2-4-8-15;13-11(14)10-7-12(8-10)6-9-4-2-1-3-5-9;1-12-8-4-2-3-5-9(8)14-6-7(11)10(12)13;/h2-10,16-17H,11-14H2,1H3,(H,22,25);1-5,10H,6-8H2,(H,13,14);2-5,7H,6,11H2,1H3;1H/t17-;;7-;/m0.0./s1. The topological polar surface area (TPSA) is 158 Å². The highest BCUT2D eigenvalue weighted by Gasteiger charge is 2.37. The first-order chi connectivity index (χ1) is 26.6. The fraction of sp³-hybridized carbons (Fsp3) is 0.333. The number of rotatable bonds is 7. The first kappa shape index (κ1) is 41.7. The Balaban J connectivity index is 0.000000175. The van der Waals surface area contributed by atoms with E-state index in [1.165, 1.54) is 16.0 Å². The molecule has 14 heteroatoms. The highest BCUT2D eigenvalue weighted by Crippen LogP contribution is 2.31. The second-order valence-corrected chi connectivity index (χ2v) is 14.1. The van der Waals surface area contributed by atoms with E-state index in [0.717, 1.165) is 24.5 Å². The van der Waals surface area contributed by atoms with E-state index in [4.69, 9.17) is 20.3 Å². The Labute approximate surface area is 333 Å². The highest BCUT2D eigenvalue weighted by molar-refractivity contribution is 6.01. The van der Waals surface area contributed by atoms with Crippen LogP contribution in [0.25, 0.3) is 0 Å². The summed E-state index contributed by atoms with van der Waals surface area (Å²) in [5.74, 6) is 0.0916. The number of ether oxygens (including phenoxy) is 2. The molecule has 0 spiro atoms. The maximum absolute atomic E-state index is 12.7. The molecule has 2 saturated heterocycles. The lowest BCUT2D eigenvalue weighted by Gasteiger charge is -2.38. The van der Waals surface area contributed by atoms with Crippen LogP contribution in [-0.4, -0.2) is 104 Å². The van der Waals surface area contributed by atoms with Crippen LogP contribution in [0.4, 0.5) is 11.4 Å². The number of halogens is 1. The molecule has 2 fully saturated rings. The number of anilines is 2. The fourth-order valence-corrected chi connectivity index (χ4v) is 6.72. The highest BCUT2D eigenvalue weighted by atomic mass is 35.5. The summed E-state index contributed by atoms with van der Waals surface area (Å²) in [6.07, 6.45) is 0. The van der Waals surface area contributed by atoms with E-state index in [9.17, 15) is 19.2 Å². The molecule has 4 N–H and O–H groups in total. The van der Waals surface area contributed by atoms with E-state index in [-0.39, 0.29) is 55.2 Å². The van der Waals surface area contributed by atoms with Crippen LogP contribution < -0.4 is 30.3 Å². The Hall–Kier alpha value is -5.47. The van der Waals surface area contributed by atoms with E-state index in [2.05, 4.69) is 39.4 Å². The molecule has 13 nitrogen and oxygen atoms in total. The van der Waals surface area contributed by atoms with Crippen molar-refractivity contribution in [2.24, 2.45) is 17.6 Å². The third kappa shape index (κ3) is 10.4. The quantitative estimate of drug-likeness (QED) is 0.253. The van der Waals surface area contributed by atoms with Gasteiger partial charge in [0.15, 0.2) is 0 Å². The molecule has 0 bridgehead atoms. The minimum Gasteiger partial charge on any atom is -0.489 e. The van der Waals surface area contributed by atoms with Gasteiger partial charge in [-0.05, 0) is 35.4 Å². The lowest BCUT2D eigenvalue weighted by Crippen LogP contribution is -2.57. The van der Waals surface area contributed by atoms with E-state index >= 15 is 0 Å². The summed E-state index contributed by atoms with van der Waals surface area (Å²) >= 11 is 0. The number of hydrogen-bond donors (Lipinski definition) is 3. The molecule has 4 aromatic carbocycles. The Morgan fingerprint density at radius 3 is 1.59 bits per heavy atom. The van der Waals surface area contributed by atoms with E-state index in [0.29, 0.717) is 37.7 Å². The third-order valence-corrected chi connectivity index (χ3v) is 10.0. The van der Waals surface area contributed by atoms with Crippen LogP contribution in [0.15, 0.2) is 109 Å². The van der Waals surface area contributed by atoms with Gasteiger partial charge in [-0.25, -0.2) is 0 Å². The number of amides is 3. The molecular weight excluding hydrogens is 736 g/mol. The largest absolute Gasteiger partial charge is 0.489 e. The average Bonchev–Trinajstić information content (AvgIpc) is 3.36. The molecule has 0 saturated carbocycles. The summed E-state index contributed by atoms with van der Waals surface area (Å²) in [4.78, 5) is 54.9. The summed E-state index contributed by atoms with van der Waals surface area (Å²) in [5, 5.41) is 11.6. The number of nitrogens with one attached hydrogen (secondary N) is 1. The predicted octanol–water partition coefficient (Wildman–Crippen LogP) is 3.65. The van der Waals surface area contributed by atoms with Crippen LogP contribution in [0.2, 0.25) is 0 Å². The first-order valence-corrected chi connectivity index (χ1v) is 18.4. The first-order valence-electron chi connectivity index (χ1n) is 18.4. The van der Waals surface area contributed by atoms with Crippen molar-refractivity contribution < 1.29 is 33.8 Å². The van der Waals surface area contributed by atoms with Crippen molar-refractivity contribution in [1.82, 2.24) is 15.1 Å². The van der Waals surface area contributed by atoms with Gasteiger partial charge >= 0.3 is 5.97 Å². The van der Waals surface area contributed by atoms with Crippen molar-refractivity contribution in [1.29, 1.82) is 0 Å². The molecule has 4 aromatic rings. The van der Waals surface area contributed by atoms with Crippen molar-refractivity contribution in [3.8, 4) is 11.5 Å². The molecular formula is C42H49ClN6O7. The van der Waals surface area contributed by atoms with Crippen molar-refractivity contribution in [2.45, 2.75) is 25.2 Å². The number of carbonyl (C=O) groups is 4. The van der Waals surface area contributed by atoms with Crippen LogP contribution in [0, 0.1) is 11.8 Å². The summed E-state index contributed by atoms with van der Waals surface area (Å²) in [6.45, 7) is 4.87. The van der Waals surface area contributed by atoms with Crippen LogP contribution in [0.5, 0.6) is 11.5 Å². The number of nitrogens with two attached hydrogens (primary N) is 1. The molecule has 4 aliphatic rings. The molecule has 4 aliphatic heterocycles. The molecule has 3 amide bonds. The Morgan fingerprint density at radius 2 is 1.09 bits per heavy atom. The van der Waals surface area contributed by atoms with Gasteiger partial charge in [0.05, 0.1) is 23.2 Å². The molecule has 0 aromatic heterocycles. The second kappa shape index (κ2) is 19.4. The SMILES string of the molecule is CN1C(=O)[C@@H](N)COc2ccccc21.CN1C(=O)[C@@H](NC(=O)C2CN(Cc3ccccc3)C2)COc2ccccc21.Cl.O=C(O)C1CN(Cc2ccccc2)C1. The number of benzene rings is 4. The Bertz CT molecular complexity index is 1940. The second-order valence-electron chi connectivity index (χ2n) is 14.1. The van der Waals surface area contributed by atoms with Crippen LogP contribution in [0.3, 0.4) is 0 Å². The Kier molecular flexibility index (Phi) is 14.4. The normalized spacial score (nSPS) is 19.5. The van der Waals surface area contributed by atoms with Crippen LogP contribution >= 0.6 is 12.4 Å². The maximum Gasteiger partial charge on any atom is 0.309 e. The van der Waals surface area contributed by atoms with Crippen molar-refractivity contribution in [2.75, 3.05) is 63.3 Å². The Morgan fingerprint density at radius 1 is 0.661 bits per heavy atom. The number of likely N-dealkylation sites (N-methyl/N-ethyl adjacent to an activating group) is 2. The number of nitrogens with zero attached hydrogens (tertiary/aromatic N) is 4. The van der Waals surface area contributed by atoms with Gasteiger partial charge in [-0.3, -0.25) is 29.0 Å². The molecule has 296 valence electrons. The lowest BCUT2D eigenvalue weighted by molar-refractivity contribution is -0.147. The lowest BCUT2D eigenvalue weighted by atomic mass is 9.97. The van der Waals surface area contributed by atoms with Gasteiger partial charge in [-0.15, -0.1) is 12.4 Å². The fourth-order valence-electron chi connectivity index (χ4n) is 6.72. The zero-order chi connectivity index (χ0) is 38.9. The number of para-hydroxylation sites is 4. The van der Waals surface area contributed by atoms with Gasteiger partial charge in [0.25, 0.3) is 5.91 Å². The zero-order valence-electron chi connectivity index (χ0n) is 31.5. The summed E-state index contributed by atoms with van der Waals surface area (Å²) in [6, 6.07) is 33.9. The zero-order valence-corrected chi connectivity index (χ0v) is 32.3. The molecule has 8 rings (SSSR count). The van der Waals surface area contributed by atoms with Gasteiger partial charge in [-0.2, -0.15) is 0 Å². The molecule has 56 heavy (non-hydrogen) atoms. The number of carboxylic acids is 1. The monoisotopic (exact) mass is 784 g/mol. The number of carbonyl (C=O) groups excluding carboxylic acids is 3. The van der Waals surface area contributed by atoms with Gasteiger partial charge in [0, 0.05) is 53.4 Å². The molecule has 0 aliphatic carbocycles.